The molecule has 1 aromatic carbocycles. The average molecular weight is 400 g/mol. The van der Waals surface area contributed by atoms with Gasteiger partial charge in [-0.25, -0.2) is 0 Å². The van der Waals surface area contributed by atoms with E-state index in [0.717, 1.165) is 33.2 Å². The topological polar surface area (TPSA) is 34.0 Å². The average Bonchev–Trinajstić information content (AvgIpc) is 2.75. The van der Waals surface area contributed by atoms with E-state index in [4.69, 9.17) is 0 Å². The number of halogens is 2. The van der Waals surface area contributed by atoms with Gasteiger partial charge in [-0.1, -0.05) is 22.9 Å². The number of aromatic nitrogens is 1. The summed E-state index contributed by atoms with van der Waals surface area (Å²) < 4.78 is 3.92. The van der Waals surface area contributed by atoms with E-state index in [1.807, 2.05) is 42.0 Å². The van der Waals surface area contributed by atoms with Crippen LogP contribution in [0.5, 0.6) is 0 Å². The van der Waals surface area contributed by atoms with E-state index < -0.39 is 0 Å². The summed E-state index contributed by atoms with van der Waals surface area (Å²) in [6.07, 6.45) is 2.92. The molecule has 1 heterocycles. The predicted molar refractivity (Wildman–Crippen MR) is 89.3 cm³/mol. The Morgan fingerprint density at radius 2 is 2.05 bits per heavy atom. The molecule has 0 saturated heterocycles. The zero-order chi connectivity index (χ0) is 14.7. The molecule has 0 fully saturated rings. The van der Waals surface area contributed by atoms with Crippen molar-refractivity contribution in [2.75, 3.05) is 5.32 Å². The van der Waals surface area contributed by atoms with Gasteiger partial charge in [0.15, 0.2) is 0 Å². The zero-order valence-electron chi connectivity index (χ0n) is 11.4. The molecule has 0 saturated carbocycles. The molecule has 2 rings (SSSR count). The van der Waals surface area contributed by atoms with Gasteiger partial charge in [0.05, 0.1) is 0 Å². The van der Waals surface area contributed by atoms with Gasteiger partial charge in [0, 0.05) is 27.4 Å². The van der Waals surface area contributed by atoms with Crippen LogP contribution in [-0.4, -0.2) is 10.5 Å². The van der Waals surface area contributed by atoms with E-state index in [9.17, 15) is 4.79 Å². The number of hydrogen-bond donors (Lipinski definition) is 1. The Hall–Kier alpha value is -1.07. The first-order chi connectivity index (χ1) is 9.51. The fourth-order valence-electron chi connectivity index (χ4n) is 2.01. The van der Waals surface area contributed by atoms with Crippen LogP contribution in [0, 0.1) is 6.92 Å². The molecule has 0 spiro atoms. The number of benzene rings is 1. The second-order valence-electron chi connectivity index (χ2n) is 4.66. The van der Waals surface area contributed by atoms with Gasteiger partial charge in [0.2, 0.25) is 0 Å². The molecule has 1 N–H and O–H groups in total. The lowest BCUT2D eigenvalue weighted by atomic mass is 10.2. The van der Waals surface area contributed by atoms with Crippen molar-refractivity contribution in [2.45, 2.75) is 26.8 Å². The zero-order valence-corrected chi connectivity index (χ0v) is 14.6. The highest BCUT2D eigenvalue weighted by Crippen LogP contribution is 2.21. The molecule has 0 unspecified atom stereocenters. The summed E-state index contributed by atoms with van der Waals surface area (Å²) in [6.45, 7) is 4.91. The maximum atomic E-state index is 12.4. The first kappa shape index (κ1) is 15.3. The lowest BCUT2D eigenvalue weighted by Gasteiger charge is -2.09. The Kier molecular flexibility index (Phi) is 5.05. The minimum absolute atomic E-state index is 0.0918. The Labute approximate surface area is 135 Å². The highest BCUT2D eigenvalue weighted by Gasteiger charge is 2.13. The van der Waals surface area contributed by atoms with Crippen LogP contribution in [0.4, 0.5) is 5.69 Å². The second kappa shape index (κ2) is 6.59. The van der Waals surface area contributed by atoms with E-state index in [0.29, 0.717) is 5.69 Å². The third kappa shape index (κ3) is 3.52. The maximum Gasteiger partial charge on any atom is 0.272 e. The van der Waals surface area contributed by atoms with E-state index >= 15 is 0 Å². The fourth-order valence-corrected chi connectivity index (χ4v) is 2.72. The number of aryl methyl sites for hydroxylation is 2. The smallest absolute Gasteiger partial charge is 0.272 e. The second-order valence-corrected chi connectivity index (χ2v) is 6.43. The van der Waals surface area contributed by atoms with E-state index in [1.165, 1.54) is 0 Å². The molecule has 2 aromatic rings. The highest BCUT2D eigenvalue weighted by molar-refractivity contribution is 9.10. The van der Waals surface area contributed by atoms with Gasteiger partial charge in [-0.2, -0.15) is 0 Å². The van der Waals surface area contributed by atoms with Crippen molar-refractivity contribution < 1.29 is 4.79 Å². The number of nitrogens with one attached hydrogen (secondary N) is 1. The molecule has 20 heavy (non-hydrogen) atoms. The van der Waals surface area contributed by atoms with Gasteiger partial charge < -0.3 is 9.88 Å². The SMILES string of the molecule is CCCn1cc(Br)cc1C(=O)Nc1ccc(Br)c(C)c1. The number of nitrogens with zero attached hydrogens (tertiary/aromatic N) is 1. The Morgan fingerprint density at radius 3 is 2.70 bits per heavy atom. The maximum absolute atomic E-state index is 12.4. The summed E-state index contributed by atoms with van der Waals surface area (Å²) in [5.41, 5.74) is 2.56. The van der Waals surface area contributed by atoms with Gasteiger partial charge in [-0.3, -0.25) is 4.79 Å². The summed E-state index contributed by atoms with van der Waals surface area (Å²) in [4.78, 5) is 12.4. The number of amides is 1. The van der Waals surface area contributed by atoms with Gasteiger partial charge in [0.25, 0.3) is 5.91 Å². The van der Waals surface area contributed by atoms with Crippen LogP contribution in [-0.2, 0) is 6.54 Å². The van der Waals surface area contributed by atoms with Crippen molar-refractivity contribution in [3.8, 4) is 0 Å². The quantitative estimate of drug-likeness (QED) is 0.772. The molecular weight excluding hydrogens is 384 g/mol. The monoisotopic (exact) mass is 398 g/mol. The summed E-state index contributed by atoms with van der Waals surface area (Å²) in [7, 11) is 0. The highest BCUT2D eigenvalue weighted by atomic mass is 79.9. The van der Waals surface area contributed by atoms with Gasteiger partial charge in [-0.15, -0.1) is 0 Å². The normalized spacial score (nSPS) is 10.6. The Balaban J connectivity index is 2.21. The van der Waals surface area contributed by atoms with Crippen LogP contribution in [0.1, 0.15) is 29.4 Å². The number of rotatable bonds is 4. The van der Waals surface area contributed by atoms with Crippen molar-refractivity contribution in [2.24, 2.45) is 0 Å². The molecule has 106 valence electrons. The van der Waals surface area contributed by atoms with Gasteiger partial charge in [-0.05, 0) is 59.1 Å². The molecule has 0 radical (unpaired) electrons. The lowest BCUT2D eigenvalue weighted by Crippen LogP contribution is -2.16. The largest absolute Gasteiger partial charge is 0.342 e. The molecule has 0 bridgehead atoms. The van der Waals surface area contributed by atoms with Crippen molar-refractivity contribution in [3.05, 3.63) is 50.7 Å². The van der Waals surface area contributed by atoms with Crippen LogP contribution < -0.4 is 5.32 Å². The molecule has 0 atom stereocenters. The Bertz CT molecular complexity index is 635. The first-order valence-electron chi connectivity index (χ1n) is 6.44. The minimum Gasteiger partial charge on any atom is -0.342 e. The third-order valence-corrected chi connectivity index (χ3v) is 4.30. The molecular formula is C15H16Br2N2O. The fraction of sp³-hybridized carbons (Fsp3) is 0.267. The standard InChI is InChI=1S/C15H16Br2N2O/c1-3-6-19-9-11(16)8-14(19)15(20)18-12-4-5-13(17)10(2)7-12/h4-5,7-9H,3,6H2,1-2H3,(H,18,20). The summed E-state index contributed by atoms with van der Waals surface area (Å²) in [6, 6.07) is 7.61. The number of anilines is 1. The predicted octanol–water partition coefficient (Wildman–Crippen LogP) is 4.98. The molecule has 0 aliphatic carbocycles. The minimum atomic E-state index is -0.0918. The summed E-state index contributed by atoms with van der Waals surface area (Å²) in [5.74, 6) is -0.0918. The number of carbonyl (C=O) groups is 1. The molecule has 1 amide bonds. The van der Waals surface area contributed by atoms with Crippen LogP contribution in [0.3, 0.4) is 0 Å². The van der Waals surface area contributed by atoms with E-state index in [-0.39, 0.29) is 5.91 Å². The first-order valence-corrected chi connectivity index (χ1v) is 8.03. The van der Waals surface area contributed by atoms with E-state index in [2.05, 4.69) is 44.1 Å². The van der Waals surface area contributed by atoms with Crippen LogP contribution in [0.25, 0.3) is 0 Å². The van der Waals surface area contributed by atoms with Gasteiger partial charge >= 0.3 is 0 Å². The number of carbonyl (C=O) groups excluding carboxylic acids is 1. The van der Waals surface area contributed by atoms with Crippen molar-refractivity contribution in [1.82, 2.24) is 4.57 Å². The van der Waals surface area contributed by atoms with Crippen LogP contribution in [0.2, 0.25) is 0 Å². The van der Waals surface area contributed by atoms with Crippen molar-refractivity contribution in [1.29, 1.82) is 0 Å². The molecule has 0 aliphatic heterocycles. The van der Waals surface area contributed by atoms with Crippen molar-refractivity contribution >= 4 is 43.5 Å². The molecule has 1 aromatic heterocycles. The third-order valence-electron chi connectivity index (χ3n) is 2.98. The van der Waals surface area contributed by atoms with Crippen LogP contribution >= 0.6 is 31.9 Å². The summed E-state index contributed by atoms with van der Waals surface area (Å²) >= 11 is 6.87. The van der Waals surface area contributed by atoms with E-state index in [1.54, 1.807) is 0 Å². The lowest BCUT2D eigenvalue weighted by molar-refractivity contribution is 0.101. The summed E-state index contributed by atoms with van der Waals surface area (Å²) in [5, 5.41) is 2.94. The van der Waals surface area contributed by atoms with Gasteiger partial charge in [0.1, 0.15) is 5.69 Å². The molecule has 0 aliphatic rings. The molecule has 5 heteroatoms. The Morgan fingerprint density at radius 1 is 1.30 bits per heavy atom. The van der Waals surface area contributed by atoms with Crippen molar-refractivity contribution in [3.63, 3.8) is 0 Å². The number of hydrogen-bond acceptors (Lipinski definition) is 1. The van der Waals surface area contributed by atoms with Crippen LogP contribution in [0.15, 0.2) is 39.4 Å². The molecule has 3 nitrogen and oxygen atoms in total.